The zero-order chi connectivity index (χ0) is 16.7. The molecule has 1 aromatic rings. The molecule has 0 aliphatic carbocycles. The van der Waals surface area contributed by atoms with Crippen molar-refractivity contribution >= 4 is 17.3 Å². The summed E-state index contributed by atoms with van der Waals surface area (Å²) in [4.78, 5) is 11.4. The monoisotopic (exact) mass is 337 g/mol. The number of hydrogen-bond acceptors (Lipinski definition) is 4. The van der Waals surface area contributed by atoms with Crippen molar-refractivity contribution in [2.45, 2.75) is 40.2 Å². The number of likely N-dealkylation sites (tertiary alicyclic amines) is 1. The van der Waals surface area contributed by atoms with Gasteiger partial charge in [-0.25, -0.2) is 4.98 Å². The minimum atomic E-state index is 0.631. The quantitative estimate of drug-likeness (QED) is 0.618. The van der Waals surface area contributed by atoms with Gasteiger partial charge in [0.1, 0.15) is 0 Å². The maximum Gasteiger partial charge on any atom is 0.190 e. The van der Waals surface area contributed by atoms with Gasteiger partial charge >= 0.3 is 0 Å². The van der Waals surface area contributed by atoms with Crippen LogP contribution in [0.15, 0.2) is 10.4 Å². The lowest BCUT2D eigenvalue weighted by molar-refractivity contribution is 0.176. The van der Waals surface area contributed by atoms with Crippen LogP contribution in [0.25, 0.3) is 0 Å². The highest BCUT2D eigenvalue weighted by atomic mass is 32.1. The molecule has 0 saturated carbocycles. The van der Waals surface area contributed by atoms with Gasteiger partial charge in [0.2, 0.25) is 0 Å². The smallest absolute Gasteiger partial charge is 0.190 e. The van der Waals surface area contributed by atoms with Crippen molar-refractivity contribution in [3.63, 3.8) is 0 Å². The molecule has 1 aliphatic heterocycles. The van der Waals surface area contributed by atoms with E-state index in [2.05, 4.69) is 51.7 Å². The number of piperidine rings is 1. The molecule has 2 rings (SSSR count). The van der Waals surface area contributed by atoms with Crippen LogP contribution in [0.4, 0.5) is 0 Å². The highest BCUT2D eigenvalue weighted by Gasteiger charge is 2.20. The Morgan fingerprint density at radius 1 is 1.39 bits per heavy atom. The van der Waals surface area contributed by atoms with Crippen LogP contribution in [-0.2, 0) is 6.54 Å². The Bertz CT molecular complexity index is 489. The molecular weight excluding hydrogens is 306 g/mol. The first-order valence-electron chi connectivity index (χ1n) is 8.64. The zero-order valence-corrected chi connectivity index (χ0v) is 15.7. The van der Waals surface area contributed by atoms with E-state index in [1.807, 2.05) is 7.05 Å². The maximum atomic E-state index is 4.57. The molecule has 0 bridgehead atoms. The average molecular weight is 338 g/mol. The number of nitrogens with zero attached hydrogens (tertiary/aromatic N) is 3. The number of rotatable bonds is 6. The third-order valence-corrected chi connectivity index (χ3v) is 5.04. The molecule has 0 spiro atoms. The highest BCUT2D eigenvalue weighted by Crippen LogP contribution is 2.19. The molecule has 2 heterocycles. The number of aliphatic imine (C=N–C) groups is 1. The SMILES string of the molecule is CN=C(NCC(C)C)NCC1CCN(Cc2csc(C)n2)CC1. The largest absolute Gasteiger partial charge is 0.356 e. The maximum absolute atomic E-state index is 4.57. The summed E-state index contributed by atoms with van der Waals surface area (Å²) in [5.41, 5.74) is 1.22. The summed E-state index contributed by atoms with van der Waals surface area (Å²) in [7, 11) is 1.84. The van der Waals surface area contributed by atoms with Gasteiger partial charge in [0.05, 0.1) is 10.7 Å². The standard InChI is InChI=1S/C17H31N5S/c1-13(2)9-19-17(18-4)20-10-15-5-7-22(8-6-15)11-16-12-23-14(3)21-16/h12-13,15H,5-11H2,1-4H3,(H2,18,19,20). The minimum absolute atomic E-state index is 0.631. The van der Waals surface area contributed by atoms with Crippen LogP contribution in [0.5, 0.6) is 0 Å². The van der Waals surface area contributed by atoms with Crippen LogP contribution in [0.1, 0.15) is 37.4 Å². The molecule has 23 heavy (non-hydrogen) atoms. The predicted octanol–water partition coefficient (Wildman–Crippen LogP) is 2.48. The van der Waals surface area contributed by atoms with Crippen LogP contribution < -0.4 is 10.6 Å². The van der Waals surface area contributed by atoms with Gasteiger partial charge < -0.3 is 10.6 Å². The fraction of sp³-hybridized carbons (Fsp3) is 0.765. The molecule has 1 aliphatic rings. The Kier molecular flexibility index (Phi) is 7.30. The van der Waals surface area contributed by atoms with Gasteiger partial charge in [-0.05, 0) is 44.7 Å². The van der Waals surface area contributed by atoms with E-state index >= 15 is 0 Å². The molecule has 0 atom stereocenters. The molecule has 0 aromatic carbocycles. The van der Waals surface area contributed by atoms with Crippen LogP contribution in [0.2, 0.25) is 0 Å². The Balaban J connectivity index is 1.66. The van der Waals surface area contributed by atoms with Crippen molar-refractivity contribution in [3.05, 3.63) is 16.1 Å². The lowest BCUT2D eigenvalue weighted by Gasteiger charge is -2.31. The summed E-state index contributed by atoms with van der Waals surface area (Å²) in [6.07, 6.45) is 2.49. The Morgan fingerprint density at radius 2 is 2.13 bits per heavy atom. The Labute approximate surface area is 144 Å². The molecule has 0 unspecified atom stereocenters. The van der Waals surface area contributed by atoms with Gasteiger partial charge in [-0.3, -0.25) is 9.89 Å². The topological polar surface area (TPSA) is 52.6 Å². The van der Waals surface area contributed by atoms with E-state index in [9.17, 15) is 0 Å². The van der Waals surface area contributed by atoms with Crippen LogP contribution in [0.3, 0.4) is 0 Å². The van der Waals surface area contributed by atoms with Crippen molar-refractivity contribution in [3.8, 4) is 0 Å². The summed E-state index contributed by atoms with van der Waals surface area (Å²) < 4.78 is 0. The second kappa shape index (κ2) is 9.23. The summed E-state index contributed by atoms with van der Waals surface area (Å²) in [6, 6.07) is 0. The van der Waals surface area contributed by atoms with Crippen molar-refractivity contribution in [1.82, 2.24) is 20.5 Å². The lowest BCUT2D eigenvalue weighted by atomic mass is 9.97. The van der Waals surface area contributed by atoms with Crippen molar-refractivity contribution in [2.24, 2.45) is 16.8 Å². The third kappa shape index (κ3) is 6.47. The number of hydrogen-bond donors (Lipinski definition) is 2. The lowest BCUT2D eigenvalue weighted by Crippen LogP contribution is -2.43. The molecule has 1 fully saturated rings. The molecular formula is C17H31N5S. The third-order valence-electron chi connectivity index (χ3n) is 4.22. The van der Waals surface area contributed by atoms with Gasteiger partial charge in [-0.2, -0.15) is 0 Å². The van der Waals surface area contributed by atoms with Crippen LogP contribution in [-0.4, -0.2) is 49.1 Å². The van der Waals surface area contributed by atoms with Gasteiger partial charge in [0.15, 0.2) is 5.96 Å². The normalized spacial score (nSPS) is 17.7. The fourth-order valence-corrected chi connectivity index (χ4v) is 3.42. The molecule has 130 valence electrons. The molecule has 1 saturated heterocycles. The predicted molar refractivity (Wildman–Crippen MR) is 99.1 cm³/mol. The first-order valence-corrected chi connectivity index (χ1v) is 9.52. The summed E-state index contributed by atoms with van der Waals surface area (Å²) in [6.45, 7) is 11.8. The van der Waals surface area contributed by atoms with Crippen molar-refractivity contribution in [2.75, 3.05) is 33.2 Å². The molecule has 6 heteroatoms. The summed E-state index contributed by atoms with van der Waals surface area (Å²) in [5.74, 6) is 2.30. The molecule has 0 radical (unpaired) electrons. The molecule has 2 N–H and O–H groups in total. The van der Waals surface area contributed by atoms with E-state index in [-0.39, 0.29) is 0 Å². The van der Waals surface area contributed by atoms with Gasteiger partial charge in [0.25, 0.3) is 0 Å². The first kappa shape index (κ1) is 18.2. The highest BCUT2D eigenvalue weighted by molar-refractivity contribution is 7.09. The Hall–Kier alpha value is -1.14. The molecule has 1 aromatic heterocycles. The van der Waals surface area contributed by atoms with E-state index in [4.69, 9.17) is 0 Å². The fourth-order valence-electron chi connectivity index (χ4n) is 2.82. The van der Waals surface area contributed by atoms with E-state index in [0.29, 0.717) is 5.92 Å². The number of nitrogens with one attached hydrogen (secondary N) is 2. The van der Waals surface area contributed by atoms with E-state index < -0.39 is 0 Å². The summed E-state index contributed by atoms with van der Waals surface area (Å²) >= 11 is 1.75. The average Bonchev–Trinajstić information content (AvgIpc) is 2.94. The van der Waals surface area contributed by atoms with Gasteiger partial charge in [-0.15, -0.1) is 11.3 Å². The second-order valence-corrected chi connectivity index (χ2v) is 7.87. The number of thiazole rings is 1. The number of aromatic nitrogens is 1. The van der Waals surface area contributed by atoms with E-state index in [1.165, 1.54) is 36.6 Å². The van der Waals surface area contributed by atoms with E-state index in [1.54, 1.807) is 11.3 Å². The van der Waals surface area contributed by atoms with Crippen molar-refractivity contribution < 1.29 is 0 Å². The second-order valence-electron chi connectivity index (χ2n) is 6.81. The van der Waals surface area contributed by atoms with Crippen LogP contribution in [0, 0.1) is 18.8 Å². The minimum Gasteiger partial charge on any atom is -0.356 e. The van der Waals surface area contributed by atoms with Crippen LogP contribution >= 0.6 is 11.3 Å². The van der Waals surface area contributed by atoms with Gasteiger partial charge in [-0.1, -0.05) is 13.8 Å². The van der Waals surface area contributed by atoms with E-state index in [0.717, 1.165) is 31.5 Å². The molecule has 0 amide bonds. The zero-order valence-electron chi connectivity index (χ0n) is 14.9. The van der Waals surface area contributed by atoms with Gasteiger partial charge in [0, 0.05) is 32.1 Å². The Morgan fingerprint density at radius 3 is 2.70 bits per heavy atom. The van der Waals surface area contributed by atoms with Crippen molar-refractivity contribution in [1.29, 1.82) is 0 Å². The molecule has 5 nitrogen and oxygen atoms in total. The first-order chi connectivity index (χ1) is 11.1. The number of guanidine groups is 1. The number of aryl methyl sites for hydroxylation is 1. The summed E-state index contributed by atoms with van der Waals surface area (Å²) in [5, 5.41) is 10.2.